The third-order valence-corrected chi connectivity index (χ3v) is 2.89. The van der Waals surface area contributed by atoms with Gasteiger partial charge in [0.1, 0.15) is 6.54 Å². The quantitative estimate of drug-likeness (QED) is 0.703. The molecule has 0 aromatic carbocycles. The summed E-state index contributed by atoms with van der Waals surface area (Å²) in [5.41, 5.74) is 0. The molecule has 1 saturated carbocycles. The van der Waals surface area contributed by atoms with Crippen LogP contribution in [0.2, 0.25) is 0 Å². The Labute approximate surface area is 119 Å². The summed E-state index contributed by atoms with van der Waals surface area (Å²) in [6, 6.07) is -1.51. The van der Waals surface area contributed by atoms with Gasteiger partial charge < -0.3 is 10.0 Å². The van der Waals surface area contributed by atoms with Gasteiger partial charge in [-0.15, -0.1) is 0 Å². The molecule has 3 amide bonds. The highest BCUT2D eigenvalue weighted by Crippen LogP contribution is 2.30. The van der Waals surface area contributed by atoms with Gasteiger partial charge >= 0.3 is 18.2 Å². The summed E-state index contributed by atoms with van der Waals surface area (Å²) in [5.74, 6) is -1.69. The molecule has 0 radical (unpaired) electrons. The van der Waals surface area contributed by atoms with Gasteiger partial charge in [-0.3, -0.25) is 14.9 Å². The van der Waals surface area contributed by atoms with Crippen molar-refractivity contribution in [1.29, 1.82) is 0 Å². The number of carbonyl (C=O) groups is 3. The fraction of sp³-hybridized carbons (Fsp3) is 0.750. The molecular weight excluding hydrogens is 293 g/mol. The molecule has 120 valence electrons. The number of nitrogens with one attached hydrogen (secondary N) is 1. The molecule has 2 N–H and O–H groups in total. The number of carboxylic acids is 1. The van der Waals surface area contributed by atoms with Gasteiger partial charge in [0.2, 0.25) is 5.91 Å². The molecule has 0 unspecified atom stereocenters. The number of aliphatic carboxylic acids is 1. The Morgan fingerprint density at radius 3 is 2.19 bits per heavy atom. The van der Waals surface area contributed by atoms with Crippen molar-refractivity contribution in [3.05, 3.63) is 0 Å². The highest BCUT2D eigenvalue weighted by molar-refractivity contribution is 5.94. The number of hydrogen-bond acceptors (Lipinski definition) is 3. The van der Waals surface area contributed by atoms with E-state index in [1.54, 1.807) is 0 Å². The highest BCUT2D eigenvalue weighted by Gasteiger charge is 2.40. The summed E-state index contributed by atoms with van der Waals surface area (Å²) in [6.45, 7) is -1.38. The van der Waals surface area contributed by atoms with Crippen LogP contribution in [0, 0.1) is 0 Å². The minimum absolute atomic E-state index is 0.0937. The van der Waals surface area contributed by atoms with Gasteiger partial charge in [0.25, 0.3) is 0 Å². The highest BCUT2D eigenvalue weighted by atomic mass is 19.4. The maximum Gasteiger partial charge on any atom is 0.406 e. The lowest BCUT2D eigenvalue weighted by Crippen LogP contribution is -2.47. The average Bonchev–Trinajstić information content (AvgIpc) is 3.14. The molecule has 0 aromatic rings. The molecule has 1 aliphatic carbocycles. The molecule has 1 rings (SSSR count). The zero-order chi connectivity index (χ0) is 16.0. The van der Waals surface area contributed by atoms with E-state index in [2.05, 4.69) is 0 Å². The molecule has 1 fully saturated rings. The van der Waals surface area contributed by atoms with E-state index in [0.717, 1.165) is 0 Å². The number of unbranched alkanes of at least 4 members (excludes halogenated alkanes) is 1. The summed E-state index contributed by atoms with van der Waals surface area (Å²) in [7, 11) is 0. The van der Waals surface area contributed by atoms with Gasteiger partial charge in [-0.1, -0.05) is 0 Å². The van der Waals surface area contributed by atoms with Crippen molar-refractivity contribution >= 4 is 17.9 Å². The summed E-state index contributed by atoms with van der Waals surface area (Å²) in [6.07, 6.45) is -3.18. The normalized spacial score (nSPS) is 14.6. The van der Waals surface area contributed by atoms with Gasteiger partial charge in [-0.25, -0.2) is 4.79 Å². The van der Waals surface area contributed by atoms with Crippen molar-refractivity contribution in [3.8, 4) is 0 Å². The lowest BCUT2D eigenvalue weighted by molar-refractivity contribution is -0.141. The van der Waals surface area contributed by atoms with E-state index in [0.29, 0.717) is 17.7 Å². The molecule has 1 aliphatic rings. The molecule has 0 heterocycles. The van der Waals surface area contributed by atoms with E-state index in [4.69, 9.17) is 5.11 Å². The second-order valence-electron chi connectivity index (χ2n) is 4.93. The number of nitrogens with zero attached hydrogens (tertiary/aromatic N) is 1. The Kier molecular flexibility index (Phi) is 5.98. The topological polar surface area (TPSA) is 86.7 Å². The zero-order valence-electron chi connectivity index (χ0n) is 11.3. The summed E-state index contributed by atoms with van der Waals surface area (Å²) in [4.78, 5) is 34.0. The molecule has 0 aliphatic heterocycles. The average molecular weight is 310 g/mol. The number of urea groups is 1. The number of rotatable bonds is 7. The largest absolute Gasteiger partial charge is 0.481 e. The monoisotopic (exact) mass is 310 g/mol. The Hall–Kier alpha value is -1.80. The molecule has 6 nitrogen and oxygen atoms in total. The Morgan fingerprint density at radius 2 is 1.71 bits per heavy atom. The number of hydrogen-bond donors (Lipinski definition) is 2. The molecule has 0 atom stereocenters. The first kappa shape index (κ1) is 17.3. The zero-order valence-corrected chi connectivity index (χ0v) is 11.3. The first-order valence-electron chi connectivity index (χ1n) is 6.58. The molecule has 21 heavy (non-hydrogen) atoms. The molecule has 9 heteroatoms. The second-order valence-corrected chi connectivity index (χ2v) is 4.93. The molecule has 0 spiro atoms. The summed E-state index contributed by atoms with van der Waals surface area (Å²) in [5, 5.41) is 10.3. The van der Waals surface area contributed by atoms with Crippen LogP contribution in [0.25, 0.3) is 0 Å². The van der Waals surface area contributed by atoms with Crippen LogP contribution in [-0.4, -0.2) is 46.7 Å². The van der Waals surface area contributed by atoms with Crippen LogP contribution in [-0.2, 0) is 9.59 Å². The van der Waals surface area contributed by atoms with E-state index in [-0.39, 0.29) is 25.7 Å². The number of halogens is 3. The van der Waals surface area contributed by atoms with Crippen molar-refractivity contribution in [2.45, 2.75) is 50.7 Å². The van der Waals surface area contributed by atoms with E-state index >= 15 is 0 Å². The standard InChI is InChI=1S/C12H17F3N2O4/c13-12(14,15)7-17(8-5-6-8)11(21)16-9(18)3-1-2-4-10(19)20/h8H,1-7H2,(H,19,20)(H,16,18,21). The number of carboxylic acid groups (broad SMARTS) is 1. The molecular formula is C12H17F3N2O4. The smallest absolute Gasteiger partial charge is 0.406 e. The van der Waals surface area contributed by atoms with Crippen LogP contribution in [0.15, 0.2) is 0 Å². The Morgan fingerprint density at radius 1 is 1.14 bits per heavy atom. The van der Waals surface area contributed by atoms with E-state index in [1.165, 1.54) is 0 Å². The fourth-order valence-electron chi connectivity index (χ4n) is 1.76. The number of alkyl halides is 3. The second kappa shape index (κ2) is 7.28. The Bertz CT molecular complexity index is 408. The van der Waals surface area contributed by atoms with Crippen LogP contribution in [0.3, 0.4) is 0 Å². The van der Waals surface area contributed by atoms with Gasteiger partial charge in [0.15, 0.2) is 0 Å². The van der Waals surface area contributed by atoms with Crippen LogP contribution < -0.4 is 5.32 Å². The predicted octanol–water partition coefficient (Wildman–Crippen LogP) is 1.89. The SMILES string of the molecule is O=C(O)CCCCC(=O)NC(=O)N(CC(F)(F)F)C1CC1. The fourth-order valence-corrected chi connectivity index (χ4v) is 1.76. The molecule has 0 bridgehead atoms. The van der Waals surface area contributed by atoms with Gasteiger partial charge in [-0.05, 0) is 25.7 Å². The lowest BCUT2D eigenvalue weighted by Gasteiger charge is -2.23. The molecule has 0 saturated heterocycles. The number of carbonyl (C=O) groups excluding carboxylic acids is 2. The van der Waals surface area contributed by atoms with Crippen LogP contribution in [0.4, 0.5) is 18.0 Å². The number of imide groups is 1. The van der Waals surface area contributed by atoms with Crippen molar-refractivity contribution in [2.75, 3.05) is 6.54 Å². The predicted molar refractivity (Wildman–Crippen MR) is 65.4 cm³/mol. The van der Waals surface area contributed by atoms with Crippen molar-refractivity contribution in [3.63, 3.8) is 0 Å². The first-order chi connectivity index (χ1) is 9.69. The van der Waals surface area contributed by atoms with Crippen LogP contribution in [0.5, 0.6) is 0 Å². The minimum atomic E-state index is -4.51. The van der Waals surface area contributed by atoms with Gasteiger partial charge in [-0.2, -0.15) is 13.2 Å². The van der Waals surface area contributed by atoms with Gasteiger partial charge in [0, 0.05) is 18.9 Å². The Balaban J connectivity index is 2.35. The maximum atomic E-state index is 12.4. The molecule has 0 aromatic heterocycles. The van der Waals surface area contributed by atoms with Crippen molar-refractivity contribution < 1.29 is 32.7 Å². The third-order valence-electron chi connectivity index (χ3n) is 2.89. The van der Waals surface area contributed by atoms with Crippen molar-refractivity contribution in [2.24, 2.45) is 0 Å². The van der Waals surface area contributed by atoms with E-state index in [1.807, 2.05) is 5.32 Å². The van der Waals surface area contributed by atoms with E-state index in [9.17, 15) is 27.6 Å². The van der Waals surface area contributed by atoms with E-state index < -0.39 is 36.7 Å². The first-order valence-corrected chi connectivity index (χ1v) is 6.58. The van der Waals surface area contributed by atoms with Crippen molar-refractivity contribution in [1.82, 2.24) is 10.2 Å². The third kappa shape index (κ3) is 7.52. The van der Waals surface area contributed by atoms with Crippen LogP contribution >= 0.6 is 0 Å². The van der Waals surface area contributed by atoms with Crippen LogP contribution in [0.1, 0.15) is 38.5 Å². The summed E-state index contributed by atoms with van der Waals surface area (Å²) < 4.78 is 37.1. The maximum absolute atomic E-state index is 12.4. The van der Waals surface area contributed by atoms with Gasteiger partial charge in [0.05, 0.1) is 0 Å². The lowest BCUT2D eigenvalue weighted by atomic mass is 10.2. The summed E-state index contributed by atoms with van der Waals surface area (Å²) >= 11 is 0. The number of amides is 3. The minimum Gasteiger partial charge on any atom is -0.481 e.